The highest BCUT2D eigenvalue weighted by molar-refractivity contribution is 5.73. The fourth-order valence-electron chi connectivity index (χ4n) is 2.72. The van der Waals surface area contributed by atoms with Crippen molar-refractivity contribution < 1.29 is 24.8 Å². The number of ether oxygens (including phenoxy) is 1. The van der Waals surface area contributed by atoms with Crippen LogP contribution in [0.1, 0.15) is 22.3 Å². The molecule has 0 amide bonds. The summed E-state index contributed by atoms with van der Waals surface area (Å²) in [5.41, 5.74) is 0.322. The Balaban J connectivity index is 0.000000220. The molecule has 2 N–H and O–H groups in total. The molecule has 3 aromatic carbocycles. The SMILES string of the molecule is Cc1c(C)c(O)c([N+](=O)[O-])c([N+](=O)[O-])c1O.c1ccc(COCc2ccccc2)cc1. The number of phenolic OH excluding ortho intramolecular Hbond substituents is 2. The number of hydrogen-bond acceptors (Lipinski definition) is 7. The van der Waals surface area contributed by atoms with Gasteiger partial charge in [-0.2, -0.15) is 0 Å². The second kappa shape index (κ2) is 10.7. The normalized spacial score (nSPS) is 10.1. The fourth-order valence-corrected chi connectivity index (χ4v) is 2.72. The highest BCUT2D eigenvalue weighted by Gasteiger charge is 2.36. The standard InChI is InChI=1S/C14H14O.C8H8N2O6/c1-3-7-13(8-4-1)11-15-12-14-9-5-2-6-10-14;1-3-4(2)8(12)6(10(15)16)5(7(3)11)9(13)14/h1-10H,11-12H2;11-12H,1-2H3. The van der Waals surface area contributed by atoms with Crippen molar-refractivity contribution in [2.45, 2.75) is 27.1 Å². The summed E-state index contributed by atoms with van der Waals surface area (Å²) in [6.45, 7) is 3.99. The van der Waals surface area contributed by atoms with E-state index in [4.69, 9.17) is 4.74 Å². The first kappa shape index (κ1) is 23.3. The van der Waals surface area contributed by atoms with Crippen LogP contribution >= 0.6 is 0 Å². The maximum Gasteiger partial charge on any atom is 0.391 e. The van der Waals surface area contributed by atoms with E-state index in [1.165, 1.54) is 25.0 Å². The monoisotopic (exact) mass is 426 g/mol. The Hall–Kier alpha value is -3.98. The summed E-state index contributed by atoms with van der Waals surface area (Å²) in [4.78, 5) is 19.0. The molecule has 0 bridgehead atoms. The zero-order valence-electron chi connectivity index (χ0n) is 17.0. The Morgan fingerprint density at radius 3 is 1.32 bits per heavy atom. The zero-order valence-corrected chi connectivity index (χ0v) is 17.0. The Labute approximate surface area is 178 Å². The molecule has 3 aromatic rings. The molecule has 9 nitrogen and oxygen atoms in total. The van der Waals surface area contributed by atoms with Gasteiger partial charge in [0, 0.05) is 11.1 Å². The summed E-state index contributed by atoms with van der Waals surface area (Å²) in [6.07, 6.45) is 0. The van der Waals surface area contributed by atoms with Gasteiger partial charge in [0.2, 0.25) is 11.5 Å². The van der Waals surface area contributed by atoms with Gasteiger partial charge in [0.15, 0.2) is 0 Å². The van der Waals surface area contributed by atoms with Crippen molar-refractivity contribution in [3.05, 3.63) is 103 Å². The van der Waals surface area contributed by atoms with Crippen molar-refractivity contribution in [2.75, 3.05) is 0 Å². The average Bonchev–Trinajstić information content (AvgIpc) is 2.76. The third kappa shape index (κ3) is 6.00. The van der Waals surface area contributed by atoms with Crippen molar-refractivity contribution in [2.24, 2.45) is 0 Å². The van der Waals surface area contributed by atoms with Crippen molar-refractivity contribution in [3.8, 4) is 11.5 Å². The van der Waals surface area contributed by atoms with E-state index < -0.39 is 32.7 Å². The lowest BCUT2D eigenvalue weighted by molar-refractivity contribution is -0.423. The highest BCUT2D eigenvalue weighted by Crippen LogP contribution is 2.46. The number of benzene rings is 3. The molecule has 0 heterocycles. The van der Waals surface area contributed by atoms with Gasteiger partial charge in [-0.15, -0.1) is 0 Å². The van der Waals surface area contributed by atoms with Gasteiger partial charge in [0.1, 0.15) is 0 Å². The molecule has 0 aliphatic rings. The number of nitro benzene ring substituents is 2. The molecule has 9 heteroatoms. The summed E-state index contributed by atoms with van der Waals surface area (Å²) >= 11 is 0. The summed E-state index contributed by atoms with van der Waals surface area (Å²) in [6, 6.07) is 20.4. The molecule has 0 aliphatic carbocycles. The summed E-state index contributed by atoms with van der Waals surface area (Å²) in [5, 5.41) is 40.1. The minimum atomic E-state index is -1.10. The molecule has 3 rings (SSSR count). The van der Waals surface area contributed by atoms with Crippen molar-refractivity contribution in [1.82, 2.24) is 0 Å². The maximum absolute atomic E-state index is 10.6. The zero-order chi connectivity index (χ0) is 23.0. The van der Waals surface area contributed by atoms with Gasteiger partial charge in [-0.25, -0.2) is 0 Å². The maximum atomic E-state index is 10.6. The largest absolute Gasteiger partial charge is 0.502 e. The van der Waals surface area contributed by atoms with E-state index in [2.05, 4.69) is 24.3 Å². The van der Waals surface area contributed by atoms with Crippen LogP contribution in [-0.4, -0.2) is 20.1 Å². The molecule has 0 aromatic heterocycles. The van der Waals surface area contributed by atoms with E-state index in [0.29, 0.717) is 13.2 Å². The molecule has 0 spiro atoms. The van der Waals surface area contributed by atoms with Crippen molar-refractivity contribution in [3.63, 3.8) is 0 Å². The lowest BCUT2D eigenvalue weighted by Crippen LogP contribution is -2.00. The van der Waals surface area contributed by atoms with E-state index in [-0.39, 0.29) is 11.1 Å². The third-order valence-corrected chi connectivity index (χ3v) is 4.53. The van der Waals surface area contributed by atoms with E-state index in [9.17, 15) is 30.4 Å². The van der Waals surface area contributed by atoms with E-state index in [0.717, 1.165) is 0 Å². The molecule has 0 aliphatic heterocycles. The van der Waals surface area contributed by atoms with E-state index in [1.807, 2.05) is 36.4 Å². The van der Waals surface area contributed by atoms with Crippen LogP contribution < -0.4 is 0 Å². The molecule has 31 heavy (non-hydrogen) atoms. The second-order valence-electron chi connectivity index (χ2n) is 6.62. The highest BCUT2D eigenvalue weighted by atomic mass is 16.6. The van der Waals surface area contributed by atoms with Crippen LogP contribution in [0.2, 0.25) is 0 Å². The van der Waals surface area contributed by atoms with Gasteiger partial charge in [-0.05, 0) is 25.0 Å². The lowest BCUT2D eigenvalue weighted by atomic mass is 10.0. The predicted molar refractivity (Wildman–Crippen MR) is 114 cm³/mol. The van der Waals surface area contributed by atoms with Gasteiger partial charge >= 0.3 is 11.4 Å². The quantitative estimate of drug-likeness (QED) is 0.324. The van der Waals surface area contributed by atoms with E-state index in [1.54, 1.807) is 0 Å². The first-order chi connectivity index (χ1) is 14.7. The molecule has 0 saturated carbocycles. The second-order valence-corrected chi connectivity index (χ2v) is 6.62. The van der Waals surface area contributed by atoms with Crippen LogP contribution in [0.5, 0.6) is 11.5 Å². The van der Waals surface area contributed by atoms with Crippen LogP contribution in [0.25, 0.3) is 0 Å². The predicted octanol–water partition coefficient (Wildman–Crippen LogP) is 4.93. The number of nitrogens with zero attached hydrogens (tertiary/aromatic N) is 2. The molecular weight excluding hydrogens is 404 g/mol. The van der Waals surface area contributed by atoms with Gasteiger partial charge in [0.05, 0.1) is 23.1 Å². The summed E-state index contributed by atoms with van der Waals surface area (Å²) in [5.74, 6) is -1.60. The van der Waals surface area contributed by atoms with Crippen LogP contribution in [0.4, 0.5) is 11.4 Å². The topological polar surface area (TPSA) is 136 Å². The van der Waals surface area contributed by atoms with Crippen LogP contribution in [-0.2, 0) is 18.0 Å². The van der Waals surface area contributed by atoms with Gasteiger partial charge < -0.3 is 14.9 Å². The minimum absolute atomic E-state index is 0.0369. The number of rotatable bonds is 6. The van der Waals surface area contributed by atoms with E-state index >= 15 is 0 Å². The van der Waals surface area contributed by atoms with Crippen molar-refractivity contribution >= 4 is 11.4 Å². The number of phenols is 2. The molecular formula is C22H22N2O7. The van der Waals surface area contributed by atoms with Gasteiger partial charge in [-0.3, -0.25) is 20.2 Å². The third-order valence-electron chi connectivity index (χ3n) is 4.53. The van der Waals surface area contributed by atoms with Crippen molar-refractivity contribution in [1.29, 1.82) is 0 Å². The van der Waals surface area contributed by atoms with Crippen LogP contribution in [0, 0.1) is 34.1 Å². The lowest BCUT2D eigenvalue weighted by Gasteiger charge is -2.07. The number of nitro groups is 2. The number of aromatic hydroxyl groups is 2. The molecule has 162 valence electrons. The summed E-state index contributed by atoms with van der Waals surface area (Å²) in [7, 11) is 0. The first-order valence-electron chi connectivity index (χ1n) is 9.23. The van der Waals surface area contributed by atoms with Gasteiger partial charge in [-0.1, -0.05) is 60.7 Å². The minimum Gasteiger partial charge on any atom is -0.502 e. The Kier molecular flexibility index (Phi) is 8.04. The van der Waals surface area contributed by atoms with Crippen LogP contribution in [0.3, 0.4) is 0 Å². The van der Waals surface area contributed by atoms with Crippen LogP contribution in [0.15, 0.2) is 60.7 Å². The smallest absolute Gasteiger partial charge is 0.391 e. The molecule has 0 atom stereocenters. The Bertz CT molecular complexity index is 970. The average molecular weight is 426 g/mol. The molecule has 0 saturated heterocycles. The number of hydrogen-bond donors (Lipinski definition) is 2. The summed E-state index contributed by atoms with van der Waals surface area (Å²) < 4.78 is 5.61. The first-order valence-corrected chi connectivity index (χ1v) is 9.23. The Morgan fingerprint density at radius 2 is 1.03 bits per heavy atom. The molecule has 0 unspecified atom stereocenters. The fraction of sp³-hybridized carbons (Fsp3) is 0.182. The van der Waals surface area contributed by atoms with Gasteiger partial charge in [0.25, 0.3) is 0 Å². The molecule has 0 fully saturated rings. The Morgan fingerprint density at radius 1 is 0.710 bits per heavy atom. The molecule has 0 radical (unpaired) electrons.